The van der Waals surface area contributed by atoms with Crippen molar-refractivity contribution in [3.8, 4) is 0 Å². The Kier molecular flexibility index (Phi) is 33.4. The second-order valence-electron chi connectivity index (χ2n) is 22.4. The van der Waals surface area contributed by atoms with Gasteiger partial charge in [-0.25, -0.2) is 24.5 Å². The molecule has 0 amide bonds. The number of carboxylic acids is 1. The standard InChI is InChI=1S/C36H32N4O3.C36H30N4O3.C4H6BO4.C2H4O2.CH2Cl2.2CH4.Na/c2*1-3-43-34(42)31-25-39(2)32-23-26(19-20-30(32)33(31)41)24-38-35-37-21-22-40(35)36(27-13-7-4-8-14-27,28-15-9-5-10-16-28)29-17-11-6-12-18-29;1-3(6)8-5-9-4(2)7;1-2(3)4;2-1-3;;;/h4-23,25H,3,24H2,1-2H3,(H,37,38);4-25H,3H2,1-2H3;1-2H3;1H3,(H,3,4);1H2;2*1H4;/q;;-1;;;;;+1. The number of aryl methyl sites for hydroxylation is 2. The third-order valence-corrected chi connectivity index (χ3v) is 15.8. The van der Waals surface area contributed by atoms with Crippen LogP contribution in [-0.4, -0.2) is 95.6 Å². The van der Waals surface area contributed by atoms with Crippen LogP contribution in [0.1, 0.15) is 115 Å². The molecule has 12 aromatic rings. The third-order valence-electron chi connectivity index (χ3n) is 15.8. The van der Waals surface area contributed by atoms with E-state index in [0.717, 1.165) is 56.9 Å². The number of esters is 2. The fourth-order valence-corrected chi connectivity index (χ4v) is 11.7. The first-order valence-electron chi connectivity index (χ1n) is 32.1. The van der Waals surface area contributed by atoms with E-state index < -0.39 is 40.9 Å². The van der Waals surface area contributed by atoms with Crippen LogP contribution < -0.4 is 45.7 Å². The average Bonchev–Trinajstić information content (AvgIpc) is 1.73. The molecule has 2 N–H and O–H groups in total. The SMILES string of the molecule is C.C.CC(=O)O.CC(=O)O[B-]OC(C)=O.CCOC(=O)c1cn(C)c2cc(C=Nc3nccn3C(c3ccccc3)(c3ccccc3)c3ccccc3)ccc2c1=O.CCOC(=O)c1cn(C)c2cc(CNc3nccn3C(c3ccccc3)(c3ccccc3)c3ccccc3)ccc2c1=O.ClCCl.[Na+]. The van der Waals surface area contributed by atoms with Gasteiger partial charge < -0.3 is 38.3 Å². The minimum absolute atomic E-state index is 0. The van der Waals surface area contributed by atoms with Gasteiger partial charge in [0, 0.05) is 95.6 Å². The number of rotatable bonds is 19. The van der Waals surface area contributed by atoms with Gasteiger partial charge in [0.05, 0.1) is 29.6 Å². The Morgan fingerprint density at radius 3 is 1.25 bits per heavy atom. The van der Waals surface area contributed by atoms with Gasteiger partial charge in [0.25, 0.3) is 17.9 Å². The summed E-state index contributed by atoms with van der Waals surface area (Å²) in [5.41, 5.74) is 7.58. The molecule has 0 aliphatic rings. The number of hydrogen-bond donors (Lipinski definition) is 2. The predicted octanol–water partition coefficient (Wildman–Crippen LogP) is 12.3. The molecule has 536 valence electrons. The molecule has 105 heavy (non-hydrogen) atoms. The van der Waals surface area contributed by atoms with E-state index in [0.29, 0.717) is 42.4 Å². The van der Waals surface area contributed by atoms with E-state index in [1.165, 1.54) is 20.0 Å². The number of anilines is 1. The van der Waals surface area contributed by atoms with Crippen LogP contribution in [0, 0.1) is 0 Å². The first-order chi connectivity index (χ1) is 49.3. The number of imidazole rings is 2. The van der Waals surface area contributed by atoms with Gasteiger partial charge in [0.15, 0.2) is 0 Å². The fourth-order valence-electron chi connectivity index (χ4n) is 11.7. The molecule has 0 bridgehead atoms. The van der Waals surface area contributed by atoms with E-state index in [1.807, 2.05) is 123 Å². The first-order valence-corrected chi connectivity index (χ1v) is 33.2. The number of ether oxygens (including phenoxy) is 2. The average molecular weight is 1460 g/mol. The van der Waals surface area contributed by atoms with Gasteiger partial charge in [-0.15, -0.1) is 23.2 Å². The minimum Gasteiger partial charge on any atom is -0.702 e. The maximum Gasteiger partial charge on any atom is 1.00 e. The number of carbonyl (C=O) groups excluding carboxylic acids is 4. The molecule has 8 aromatic carbocycles. The molecule has 2 radical (unpaired) electrons. The number of aromatic nitrogens is 6. The van der Waals surface area contributed by atoms with Crippen molar-refractivity contribution in [1.29, 1.82) is 0 Å². The number of fused-ring (bicyclic) bond motifs is 2. The Morgan fingerprint density at radius 1 is 0.533 bits per heavy atom. The molecule has 12 rings (SSSR count). The number of alkyl halides is 2. The smallest absolute Gasteiger partial charge is 0.702 e. The molecule has 0 saturated heterocycles. The molecule has 4 aromatic heterocycles. The number of nitrogens with zero attached hydrogens (tertiary/aromatic N) is 7. The Morgan fingerprint density at radius 2 is 0.876 bits per heavy atom. The number of carbonyl (C=O) groups is 5. The largest absolute Gasteiger partial charge is 1.00 e. The van der Waals surface area contributed by atoms with Crippen LogP contribution in [0.4, 0.5) is 11.9 Å². The number of carboxylic acid groups (broad SMARTS) is 1. The van der Waals surface area contributed by atoms with Crippen molar-refractivity contribution in [2.45, 2.75) is 67.1 Å². The van der Waals surface area contributed by atoms with Crippen LogP contribution in [0.3, 0.4) is 0 Å². The van der Waals surface area contributed by atoms with Crippen molar-refractivity contribution in [3.63, 3.8) is 0 Å². The molecule has 20 nitrogen and oxygen atoms in total. The minimum atomic E-state index is -0.833. The quantitative estimate of drug-likeness (QED) is 0.0251. The van der Waals surface area contributed by atoms with Gasteiger partial charge in [-0.05, 0) is 82.6 Å². The summed E-state index contributed by atoms with van der Waals surface area (Å²) in [4.78, 5) is 94.0. The molecule has 0 aliphatic heterocycles. The third kappa shape index (κ3) is 20.7. The molecular weight excluding hydrogens is 1380 g/mol. The first kappa shape index (κ1) is 84.7. The van der Waals surface area contributed by atoms with E-state index in [2.05, 4.69) is 138 Å². The number of aliphatic imine (C=N–C) groups is 1. The summed E-state index contributed by atoms with van der Waals surface area (Å²) in [7, 11) is 4.32. The molecular formula is C81H82BCl2N8NaO12. The van der Waals surface area contributed by atoms with Crippen molar-refractivity contribution in [2.24, 2.45) is 19.1 Å². The van der Waals surface area contributed by atoms with Crippen LogP contribution in [-0.2, 0) is 64.9 Å². The van der Waals surface area contributed by atoms with Gasteiger partial charge in [0.2, 0.25) is 22.8 Å². The zero-order valence-corrected chi connectivity index (χ0v) is 61.6. The molecule has 0 spiro atoms. The summed E-state index contributed by atoms with van der Waals surface area (Å²) in [6, 6.07) is 73.5. The Labute approximate surface area is 643 Å². The second-order valence-corrected chi connectivity index (χ2v) is 23.2. The number of pyridine rings is 2. The molecule has 0 fully saturated rings. The summed E-state index contributed by atoms with van der Waals surface area (Å²) in [6.07, 6.45) is 12.3. The summed E-state index contributed by atoms with van der Waals surface area (Å²) >= 11 is 9.53. The molecule has 0 saturated carbocycles. The molecule has 0 aliphatic carbocycles. The van der Waals surface area contributed by atoms with Crippen molar-refractivity contribution in [3.05, 3.63) is 332 Å². The monoisotopic (exact) mass is 1460 g/mol. The number of benzene rings is 8. The Bertz CT molecular complexity index is 4740. The predicted molar refractivity (Wildman–Crippen MR) is 411 cm³/mol. The zero-order valence-electron chi connectivity index (χ0n) is 58.1. The van der Waals surface area contributed by atoms with Crippen LogP contribution in [0.5, 0.6) is 0 Å². The molecule has 0 atom stereocenters. The van der Waals surface area contributed by atoms with Crippen molar-refractivity contribution < 1.29 is 77.4 Å². The summed E-state index contributed by atoms with van der Waals surface area (Å²) in [5.74, 6) is -1.89. The Balaban J connectivity index is 0.000000305. The summed E-state index contributed by atoms with van der Waals surface area (Å²) < 4.78 is 26.3. The maximum absolute atomic E-state index is 13.1. The maximum atomic E-state index is 13.1. The van der Waals surface area contributed by atoms with Crippen LogP contribution in [0.15, 0.2) is 270 Å². The molecule has 0 unspecified atom stereocenters. The van der Waals surface area contributed by atoms with Crippen LogP contribution >= 0.6 is 23.2 Å². The topological polar surface area (TPSA) is 247 Å². The van der Waals surface area contributed by atoms with E-state index in [9.17, 15) is 28.8 Å². The normalized spacial score (nSPS) is 10.6. The number of nitrogens with one attached hydrogen (secondary N) is 1. The summed E-state index contributed by atoms with van der Waals surface area (Å²) in [6.45, 7) is 7.81. The van der Waals surface area contributed by atoms with Crippen molar-refractivity contribution in [2.75, 3.05) is 23.9 Å². The van der Waals surface area contributed by atoms with Crippen LogP contribution in [0.25, 0.3) is 21.8 Å². The van der Waals surface area contributed by atoms with Gasteiger partial charge in [-0.1, -0.05) is 209 Å². The van der Waals surface area contributed by atoms with E-state index in [-0.39, 0.29) is 84.9 Å². The van der Waals surface area contributed by atoms with Crippen molar-refractivity contribution >= 4 is 101 Å². The Hall–Kier alpha value is -10.9. The number of halogens is 2. The van der Waals surface area contributed by atoms with Crippen LogP contribution in [0.2, 0.25) is 0 Å². The second kappa shape index (κ2) is 41.4. The number of aliphatic carboxylic acids is 1. The molecule has 24 heteroatoms. The van der Waals surface area contributed by atoms with Gasteiger partial charge >= 0.3 is 41.5 Å². The van der Waals surface area contributed by atoms with E-state index in [4.69, 9.17) is 52.6 Å². The number of hydrogen-bond acceptors (Lipinski definition) is 15. The van der Waals surface area contributed by atoms with Gasteiger partial charge in [-0.2, -0.15) is 0 Å². The van der Waals surface area contributed by atoms with E-state index in [1.54, 1.807) is 60.8 Å². The van der Waals surface area contributed by atoms with Gasteiger partial charge in [-0.3, -0.25) is 33.1 Å². The van der Waals surface area contributed by atoms with Gasteiger partial charge in [0.1, 0.15) is 29.9 Å². The summed E-state index contributed by atoms with van der Waals surface area (Å²) in [5, 5.41) is 12.1. The zero-order chi connectivity index (χ0) is 73.2. The van der Waals surface area contributed by atoms with Crippen molar-refractivity contribution in [1.82, 2.24) is 28.2 Å². The molecule has 4 heterocycles. The van der Waals surface area contributed by atoms with E-state index >= 15 is 0 Å². The fraction of sp³-hybridized carbons (Fsp3) is 0.185.